The summed E-state index contributed by atoms with van der Waals surface area (Å²) < 4.78 is 10.6. The minimum Gasteiger partial charge on any atom is -0.497 e. The number of amides is 4. The smallest absolute Gasteiger partial charge is 0.321 e. The molecule has 1 N–H and O–H groups in total. The van der Waals surface area contributed by atoms with Crippen LogP contribution in [0.25, 0.3) is 0 Å². The van der Waals surface area contributed by atoms with Gasteiger partial charge in [0.05, 0.1) is 19.9 Å². The molecular formula is C25H32N4O4. The molecule has 8 heteroatoms. The average Bonchev–Trinajstić information content (AvgIpc) is 3.20. The van der Waals surface area contributed by atoms with Crippen molar-refractivity contribution in [2.45, 2.75) is 32.4 Å². The van der Waals surface area contributed by atoms with Gasteiger partial charge in [0.25, 0.3) is 0 Å². The van der Waals surface area contributed by atoms with Crippen molar-refractivity contribution in [3.63, 3.8) is 0 Å². The lowest BCUT2D eigenvalue weighted by Gasteiger charge is -2.36. The maximum atomic E-state index is 13.0. The molecule has 0 saturated carbocycles. The molecule has 2 fully saturated rings. The lowest BCUT2D eigenvalue weighted by atomic mass is 10.0. The van der Waals surface area contributed by atoms with E-state index in [1.165, 1.54) is 5.56 Å². The van der Waals surface area contributed by atoms with E-state index in [4.69, 9.17) is 9.47 Å². The molecule has 0 aromatic heterocycles. The molecule has 0 spiro atoms. The number of hydrogen-bond acceptors (Lipinski definition) is 4. The van der Waals surface area contributed by atoms with Crippen molar-refractivity contribution in [2.24, 2.45) is 0 Å². The van der Waals surface area contributed by atoms with Gasteiger partial charge in [-0.15, -0.1) is 0 Å². The first-order chi connectivity index (χ1) is 16.0. The van der Waals surface area contributed by atoms with Crippen molar-refractivity contribution >= 4 is 17.7 Å². The van der Waals surface area contributed by atoms with Gasteiger partial charge in [-0.1, -0.05) is 29.8 Å². The van der Waals surface area contributed by atoms with Crippen LogP contribution in [0.4, 0.5) is 15.3 Å². The molecule has 4 amide bonds. The van der Waals surface area contributed by atoms with Gasteiger partial charge < -0.3 is 29.5 Å². The third-order valence-corrected chi connectivity index (χ3v) is 6.46. The standard InChI is InChI=1S/C25H32N4O4/c1-18-4-6-19(7-5-18)17-28-14-15-29(25(28)31)20-10-12-27(13-11-20)24(30)26-22-9-8-21(32-2)16-23(22)33-3/h4-9,16,20H,10-15,17H2,1-3H3,(H,26,30). The van der Waals surface area contributed by atoms with E-state index in [2.05, 4.69) is 36.5 Å². The highest BCUT2D eigenvalue weighted by Crippen LogP contribution is 2.30. The second-order valence-corrected chi connectivity index (χ2v) is 8.60. The van der Waals surface area contributed by atoms with Crippen molar-refractivity contribution in [1.29, 1.82) is 0 Å². The summed E-state index contributed by atoms with van der Waals surface area (Å²) in [5.41, 5.74) is 2.97. The van der Waals surface area contributed by atoms with Crippen molar-refractivity contribution in [3.8, 4) is 11.5 Å². The molecule has 2 aliphatic heterocycles. The van der Waals surface area contributed by atoms with E-state index in [0.717, 1.165) is 31.5 Å². The summed E-state index contributed by atoms with van der Waals surface area (Å²) in [6, 6.07) is 13.7. The van der Waals surface area contributed by atoms with Crippen LogP contribution in [0.5, 0.6) is 11.5 Å². The number of hydrogen-bond donors (Lipinski definition) is 1. The summed E-state index contributed by atoms with van der Waals surface area (Å²) in [6.45, 7) is 5.40. The summed E-state index contributed by atoms with van der Waals surface area (Å²) in [6.07, 6.45) is 1.55. The van der Waals surface area contributed by atoms with Crippen LogP contribution in [-0.4, -0.2) is 73.2 Å². The number of carbonyl (C=O) groups excluding carboxylic acids is 2. The Morgan fingerprint density at radius 1 is 1.00 bits per heavy atom. The highest BCUT2D eigenvalue weighted by atomic mass is 16.5. The third-order valence-electron chi connectivity index (χ3n) is 6.46. The van der Waals surface area contributed by atoms with Gasteiger partial charge in [-0.05, 0) is 37.5 Å². The molecule has 176 valence electrons. The van der Waals surface area contributed by atoms with Crippen LogP contribution < -0.4 is 14.8 Å². The van der Waals surface area contributed by atoms with E-state index in [9.17, 15) is 9.59 Å². The third kappa shape index (κ3) is 5.16. The molecule has 2 aliphatic rings. The summed E-state index contributed by atoms with van der Waals surface area (Å²) in [5.74, 6) is 1.21. The second kappa shape index (κ2) is 10.0. The minimum atomic E-state index is -0.161. The van der Waals surface area contributed by atoms with Crippen molar-refractivity contribution < 1.29 is 19.1 Å². The lowest BCUT2D eigenvalue weighted by molar-refractivity contribution is 0.139. The first-order valence-electron chi connectivity index (χ1n) is 11.4. The molecule has 0 unspecified atom stereocenters. The van der Waals surface area contributed by atoms with E-state index in [0.29, 0.717) is 36.8 Å². The zero-order valence-corrected chi connectivity index (χ0v) is 19.5. The monoisotopic (exact) mass is 452 g/mol. The fourth-order valence-electron chi connectivity index (χ4n) is 4.48. The molecule has 8 nitrogen and oxygen atoms in total. The van der Waals surface area contributed by atoms with E-state index in [1.807, 2.05) is 9.80 Å². The van der Waals surface area contributed by atoms with Gasteiger partial charge in [0, 0.05) is 44.8 Å². The summed E-state index contributed by atoms with van der Waals surface area (Å²) in [5, 5.41) is 2.93. The highest BCUT2D eigenvalue weighted by molar-refractivity contribution is 5.91. The second-order valence-electron chi connectivity index (χ2n) is 8.60. The number of aryl methyl sites for hydroxylation is 1. The molecule has 33 heavy (non-hydrogen) atoms. The van der Waals surface area contributed by atoms with Crippen LogP contribution in [0, 0.1) is 6.92 Å². The Hall–Kier alpha value is -3.42. The fourth-order valence-corrected chi connectivity index (χ4v) is 4.48. The summed E-state index contributed by atoms with van der Waals surface area (Å²) in [4.78, 5) is 31.5. The zero-order valence-electron chi connectivity index (χ0n) is 19.5. The van der Waals surface area contributed by atoms with Gasteiger partial charge in [-0.3, -0.25) is 0 Å². The van der Waals surface area contributed by atoms with Gasteiger partial charge in [0.2, 0.25) is 0 Å². The Morgan fingerprint density at radius 2 is 1.73 bits per heavy atom. The van der Waals surface area contributed by atoms with Gasteiger partial charge in [-0.25, -0.2) is 9.59 Å². The molecular weight excluding hydrogens is 420 g/mol. The largest absolute Gasteiger partial charge is 0.497 e. The van der Waals surface area contributed by atoms with Crippen LogP contribution in [0.1, 0.15) is 24.0 Å². The number of benzene rings is 2. The Labute approximate surface area is 195 Å². The molecule has 2 saturated heterocycles. The Bertz CT molecular complexity index is 986. The lowest BCUT2D eigenvalue weighted by Crippen LogP contribution is -2.49. The van der Waals surface area contributed by atoms with E-state index >= 15 is 0 Å². The summed E-state index contributed by atoms with van der Waals surface area (Å²) in [7, 11) is 3.15. The van der Waals surface area contributed by atoms with Crippen LogP contribution in [0.15, 0.2) is 42.5 Å². The Balaban J connectivity index is 1.29. The van der Waals surface area contributed by atoms with Crippen LogP contribution in [0.2, 0.25) is 0 Å². The van der Waals surface area contributed by atoms with Crippen molar-refractivity contribution in [3.05, 3.63) is 53.6 Å². The predicted octanol–water partition coefficient (Wildman–Crippen LogP) is 3.95. The van der Waals surface area contributed by atoms with Crippen LogP contribution in [-0.2, 0) is 6.54 Å². The SMILES string of the molecule is COc1ccc(NC(=O)N2CCC(N3CCN(Cc4ccc(C)cc4)C3=O)CC2)c(OC)c1. The highest BCUT2D eigenvalue weighted by Gasteiger charge is 2.36. The van der Waals surface area contributed by atoms with Crippen molar-refractivity contribution in [1.82, 2.24) is 14.7 Å². The Kier molecular flexibility index (Phi) is 6.91. The molecule has 2 aromatic rings. The molecule has 2 heterocycles. The number of methoxy groups -OCH3 is 2. The number of rotatable bonds is 6. The van der Waals surface area contributed by atoms with Gasteiger partial charge in [0.15, 0.2) is 0 Å². The topological polar surface area (TPSA) is 74.4 Å². The number of carbonyl (C=O) groups is 2. The molecule has 4 rings (SSSR count). The maximum Gasteiger partial charge on any atom is 0.321 e. The minimum absolute atomic E-state index is 0.0986. The molecule has 2 aromatic carbocycles. The van der Waals surface area contributed by atoms with E-state index in [1.54, 1.807) is 37.3 Å². The summed E-state index contributed by atoms with van der Waals surface area (Å²) >= 11 is 0. The van der Waals surface area contributed by atoms with Crippen LogP contribution >= 0.6 is 0 Å². The normalized spacial score (nSPS) is 16.8. The number of piperidine rings is 1. The molecule has 0 bridgehead atoms. The number of urea groups is 2. The zero-order chi connectivity index (χ0) is 23.4. The fraction of sp³-hybridized carbons (Fsp3) is 0.440. The number of ether oxygens (including phenoxy) is 2. The number of nitrogens with one attached hydrogen (secondary N) is 1. The quantitative estimate of drug-likeness (QED) is 0.720. The van der Waals surface area contributed by atoms with E-state index < -0.39 is 0 Å². The number of anilines is 1. The first-order valence-corrected chi connectivity index (χ1v) is 11.4. The van der Waals surface area contributed by atoms with Gasteiger partial charge in [-0.2, -0.15) is 0 Å². The Morgan fingerprint density at radius 3 is 2.39 bits per heavy atom. The van der Waals surface area contributed by atoms with Crippen molar-refractivity contribution in [2.75, 3.05) is 45.7 Å². The van der Waals surface area contributed by atoms with Gasteiger partial charge >= 0.3 is 12.1 Å². The molecule has 0 radical (unpaired) electrons. The average molecular weight is 453 g/mol. The molecule has 0 aliphatic carbocycles. The predicted molar refractivity (Wildman–Crippen MR) is 127 cm³/mol. The first kappa shape index (κ1) is 22.8. The van der Waals surface area contributed by atoms with E-state index in [-0.39, 0.29) is 18.1 Å². The number of nitrogens with zero attached hydrogens (tertiary/aromatic N) is 3. The number of likely N-dealkylation sites (tertiary alicyclic amines) is 1. The van der Waals surface area contributed by atoms with Gasteiger partial charge in [0.1, 0.15) is 11.5 Å². The maximum absolute atomic E-state index is 13.0. The molecule has 0 atom stereocenters. The van der Waals surface area contributed by atoms with Crippen LogP contribution in [0.3, 0.4) is 0 Å².